The van der Waals surface area contributed by atoms with Gasteiger partial charge in [-0.2, -0.15) is 5.10 Å². The standard InChI is InChI=1S/C19H26N4O2/c1-4-23(13(2)11-14-5-7-15(25-3)8-6-14)19(24)18-16-12-20-10-9-17(16)21-22-18/h5-8,13,20H,4,9-12H2,1-3H3,(H,21,22). The predicted molar refractivity (Wildman–Crippen MR) is 96.9 cm³/mol. The van der Waals surface area contributed by atoms with Crippen LogP contribution in [0, 0.1) is 0 Å². The van der Waals surface area contributed by atoms with E-state index in [0.717, 1.165) is 36.4 Å². The zero-order valence-corrected chi connectivity index (χ0v) is 15.1. The number of methoxy groups -OCH3 is 1. The molecule has 0 saturated heterocycles. The Morgan fingerprint density at radius 2 is 2.12 bits per heavy atom. The summed E-state index contributed by atoms with van der Waals surface area (Å²) in [7, 11) is 1.66. The minimum atomic E-state index is 0.00436. The van der Waals surface area contributed by atoms with E-state index in [0.29, 0.717) is 18.8 Å². The number of benzene rings is 1. The Hall–Kier alpha value is -2.34. The summed E-state index contributed by atoms with van der Waals surface area (Å²) < 4.78 is 5.20. The van der Waals surface area contributed by atoms with Gasteiger partial charge in [0.2, 0.25) is 0 Å². The van der Waals surface area contributed by atoms with Gasteiger partial charge in [0.1, 0.15) is 5.75 Å². The highest BCUT2D eigenvalue weighted by Crippen LogP contribution is 2.20. The van der Waals surface area contributed by atoms with Crippen molar-refractivity contribution in [3.05, 3.63) is 46.8 Å². The van der Waals surface area contributed by atoms with E-state index in [4.69, 9.17) is 4.74 Å². The fraction of sp³-hybridized carbons (Fsp3) is 0.474. The number of amides is 1. The van der Waals surface area contributed by atoms with Crippen molar-refractivity contribution in [2.24, 2.45) is 0 Å². The molecule has 2 aromatic rings. The zero-order chi connectivity index (χ0) is 17.8. The Labute approximate surface area is 148 Å². The number of ether oxygens (including phenoxy) is 1. The monoisotopic (exact) mass is 342 g/mol. The van der Waals surface area contributed by atoms with Gasteiger partial charge in [-0.3, -0.25) is 9.89 Å². The molecule has 2 N–H and O–H groups in total. The van der Waals surface area contributed by atoms with Crippen molar-refractivity contribution >= 4 is 5.91 Å². The SMILES string of the molecule is CCN(C(=O)c1n[nH]c2c1CNCC2)C(C)Cc1ccc(OC)cc1. The van der Waals surface area contributed by atoms with Gasteiger partial charge in [-0.25, -0.2) is 0 Å². The average molecular weight is 342 g/mol. The number of H-pyrrole nitrogens is 1. The van der Waals surface area contributed by atoms with Crippen LogP contribution < -0.4 is 10.1 Å². The first-order valence-corrected chi connectivity index (χ1v) is 8.84. The molecule has 25 heavy (non-hydrogen) atoms. The molecule has 1 amide bonds. The van der Waals surface area contributed by atoms with Crippen molar-refractivity contribution in [1.29, 1.82) is 0 Å². The molecule has 2 heterocycles. The Kier molecular flexibility index (Phi) is 5.38. The molecule has 1 aromatic carbocycles. The Balaban J connectivity index is 1.74. The number of carbonyl (C=O) groups excluding carboxylic acids is 1. The molecule has 1 aliphatic heterocycles. The first kappa shape index (κ1) is 17.5. The van der Waals surface area contributed by atoms with Crippen LogP contribution >= 0.6 is 0 Å². The summed E-state index contributed by atoms with van der Waals surface area (Å²) in [5, 5.41) is 10.7. The molecule has 0 fully saturated rings. The lowest BCUT2D eigenvalue weighted by Gasteiger charge is -2.28. The van der Waals surface area contributed by atoms with E-state index in [1.54, 1.807) is 7.11 Å². The van der Waals surface area contributed by atoms with Crippen LogP contribution in [0.25, 0.3) is 0 Å². The maximum atomic E-state index is 13.0. The molecule has 0 bridgehead atoms. The third-order valence-corrected chi connectivity index (χ3v) is 4.83. The molecule has 1 unspecified atom stereocenters. The molecule has 0 radical (unpaired) electrons. The maximum Gasteiger partial charge on any atom is 0.274 e. The quantitative estimate of drug-likeness (QED) is 0.844. The van der Waals surface area contributed by atoms with Crippen LogP contribution in [0.4, 0.5) is 0 Å². The molecular formula is C19H26N4O2. The molecule has 6 nitrogen and oxygen atoms in total. The van der Waals surface area contributed by atoms with Crippen LogP contribution in [0.15, 0.2) is 24.3 Å². The molecule has 1 aromatic heterocycles. The van der Waals surface area contributed by atoms with Crippen LogP contribution in [-0.4, -0.2) is 47.2 Å². The Morgan fingerprint density at radius 3 is 2.80 bits per heavy atom. The Morgan fingerprint density at radius 1 is 1.36 bits per heavy atom. The number of nitrogens with one attached hydrogen (secondary N) is 2. The van der Waals surface area contributed by atoms with E-state index in [9.17, 15) is 4.79 Å². The van der Waals surface area contributed by atoms with Crippen LogP contribution in [0.3, 0.4) is 0 Å². The summed E-state index contributed by atoms with van der Waals surface area (Å²) in [6.07, 6.45) is 1.69. The molecule has 1 aliphatic rings. The van der Waals surface area contributed by atoms with Gasteiger partial charge in [0.25, 0.3) is 5.91 Å². The lowest BCUT2D eigenvalue weighted by molar-refractivity contribution is 0.0696. The van der Waals surface area contributed by atoms with Crippen molar-refractivity contribution < 1.29 is 9.53 Å². The first-order chi connectivity index (χ1) is 12.1. The second kappa shape index (κ2) is 7.70. The average Bonchev–Trinajstić information content (AvgIpc) is 3.07. The van der Waals surface area contributed by atoms with Gasteiger partial charge in [0.15, 0.2) is 5.69 Å². The second-order valence-electron chi connectivity index (χ2n) is 6.45. The molecule has 1 atom stereocenters. The number of carbonyl (C=O) groups is 1. The van der Waals surface area contributed by atoms with Crippen LogP contribution in [0.2, 0.25) is 0 Å². The van der Waals surface area contributed by atoms with Crippen molar-refractivity contribution in [3.63, 3.8) is 0 Å². The topological polar surface area (TPSA) is 70.2 Å². The van der Waals surface area contributed by atoms with E-state index < -0.39 is 0 Å². The number of nitrogens with zero attached hydrogens (tertiary/aromatic N) is 2. The summed E-state index contributed by atoms with van der Waals surface area (Å²) in [5.41, 5.74) is 3.85. The van der Waals surface area contributed by atoms with E-state index in [-0.39, 0.29) is 11.9 Å². The number of rotatable bonds is 6. The third-order valence-electron chi connectivity index (χ3n) is 4.83. The smallest absolute Gasteiger partial charge is 0.274 e. The van der Waals surface area contributed by atoms with E-state index in [1.807, 2.05) is 36.1 Å². The number of fused-ring (bicyclic) bond motifs is 1. The summed E-state index contributed by atoms with van der Waals surface area (Å²) in [6, 6.07) is 8.10. The van der Waals surface area contributed by atoms with Crippen molar-refractivity contribution in [3.8, 4) is 5.75 Å². The van der Waals surface area contributed by atoms with Crippen molar-refractivity contribution in [2.45, 2.75) is 39.3 Å². The predicted octanol–water partition coefficient (Wildman–Crippen LogP) is 2.16. The summed E-state index contributed by atoms with van der Waals surface area (Å²) in [4.78, 5) is 14.9. The normalized spacial score (nSPS) is 14.7. The van der Waals surface area contributed by atoms with Gasteiger partial charge in [0, 0.05) is 43.4 Å². The van der Waals surface area contributed by atoms with Crippen molar-refractivity contribution in [1.82, 2.24) is 20.4 Å². The van der Waals surface area contributed by atoms with E-state index in [1.165, 1.54) is 5.56 Å². The van der Waals surface area contributed by atoms with E-state index in [2.05, 4.69) is 22.4 Å². The largest absolute Gasteiger partial charge is 0.497 e. The fourth-order valence-corrected chi connectivity index (χ4v) is 3.41. The van der Waals surface area contributed by atoms with Gasteiger partial charge in [-0.05, 0) is 38.0 Å². The van der Waals surface area contributed by atoms with Gasteiger partial charge in [0.05, 0.1) is 7.11 Å². The number of hydrogen-bond donors (Lipinski definition) is 2. The number of aromatic nitrogens is 2. The molecule has 0 saturated carbocycles. The van der Waals surface area contributed by atoms with Gasteiger partial charge < -0.3 is 15.0 Å². The van der Waals surface area contributed by atoms with Gasteiger partial charge in [-0.1, -0.05) is 12.1 Å². The number of likely N-dealkylation sites (N-methyl/N-ethyl adjacent to an activating group) is 1. The first-order valence-electron chi connectivity index (χ1n) is 8.84. The van der Waals surface area contributed by atoms with E-state index >= 15 is 0 Å². The lowest BCUT2D eigenvalue weighted by Crippen LogP contribution is -2.40. The zero-order valence-electron chi connectivity index (χ0n) is 15.1. The second-order valence-corrected chi connectivity index (χ2v) is 6.45. The van der Waals surface area contributed by atoms with Gasteiger partial charge >= 0.3 is 0 Å². The highest BCUT2D eigenvalue weighted by Gasteiger charge is 2.27. The molecule has 0 aliphatic carbocycles. The number of aromatic amines is 1. The van der Waals surface area contributed by atoms with Crippen LogP contribution in [0.1, 0.15) is 41.2 Å². The van der Waals surface area contributed by atoms with Crippen molar-refractivity contribution in [2.75, 3.05) is 20.2 Å². The lowest BCUT2D eigenvalue weighted by atomic mass is 10.0. The maximum absolute atomic E-state index is 13.0. The molecule has 3 rings (SSSR count). The summed E-state index contributed by atoms with van der Waals surface area (Å²) in [5.74, 6) is 0.847. The molecule has 134 valence electrons. The molecule has 0 spiro atoms. The highest BCUT2D eigenvalue weighted by molar-refractivity contribution is 5.94. The minimum absolute atomic E-state index is 0.00436. The minimum Gasteiger partial charge on any atom is -0.497 e. The summed E-state index contributed by atoms with van der Waals surface area (Å²) in [6.45, 7) is 6.39. The summed E-state index contributed by atoms with van der Waals surface area (Å²) >= 11 is 0. The van der Waals surface area contributed by atoms with Crippen LogP contribution in [0.5, 0.6) is 5.75 Å². The fourth-order valence-electron chi connectivity index (χ4n) is 3.41. The highest BCUT2D eigenvalue weighted by atomic mass is 16.5. The van der Waals surface area contributed by atoms with Gasteiger partial charge in [-0.15, -0.1) is 0 Å². The number of hydrogen-bond acceptors (Lipinski definition) is 4. The Bertz CT molecular complexity index is 724. The third kappa shape index (κ3) is 3.69. The van der Waals surface area contributed by atoms with Crippen LogP contribution in [-0.2, 0) is 19.4 Å². The molecular weight excluding hydrogens is 316 g/mol. The molecule has 6 heteroatoms.